The molecule has 4 heteroatoms. The van der Waals surface area contributed by atoms with Gasteiger partial charge in [-0.3, -0.25) is 4.79 Å². The van der Waals surface area contributed by atoms with Crippen molar-refractivity contribution in [3.8, 4) is 0 Å². The van der Waals surface area contributed by atoms with Crippen LogP contribution in [0, 0.1) is 11.3 Å². The van der Waals surface area contributed by atoms with E-state index in [1.54, 1.807) is 0 Å². The lowest BCUT2D eigenvalue weighted by molar-refractivity contribution is -0.122. The van der Waals surface area contributed by atoms with Crippen molar-refractivity contribution in [3.63, 3.8) is 0 Å². The van der Waals surface area contributed by atoms with Gasteiger partial charge in [-0.15, -0.1) is 0 Å². The minimum atomic E-state index is -0.199. The fourth-order valence-electron chi connectivity index (χ4n) is 3.51. The highest BCUT2D eigenvalue weighted by atomic mass is 16.5. The number of aliphatic hydroxyl groups excluding tert-OH is 1. The Balaban J connectivity index is 1.55. The van der Waals surface area contributed by atoms with Crippen LogP contribution in [0.15, 0.2) is 30.3 Å². The van der Waals surface area contributed by atoms with Crippen LogP contribution in [0.25, 0.3) is 0 Å². The summed E-state index contributed by atoms with van der Waals surface area (Å²) in [4.78, 5) is 12.4. The molecule has 1 atom stereocenters. The van der Waals surface area contributed by atoms with Crippen LogP contribution < -0.4 is 5.32 Å². The number of nitrogens with one attached hydrogen (secondary N) is 1. The zero-order chi connectivity index (χ0) is 16.1. The van der Waals surface area contributed by atoms with Gasteiger partial charge in [0.2, 0.25) is 5.91 Å². The monoisotopic (exact) mass is 317 g/mol. The second-order valence-corrected chi connectivity index (χ2v) is 7.11. The molecule has 23 heavy (non-hydrogen) atoms. The van der Waals surface area contributed by atoms with Gasteiger partial charge < -0.3 is 15.2 Å². The van der Waals surface area contributed by atoms with Gasteiger partial charge in [0.25, 0.3) is 0 Å². The fourth-order valence-corrected chi connectivity index (χ4v) is 3.51. The van der Waals surface area contributed by atoms with Crippen molar-refractivity contribution in [1.29, 1.82) is 0 Å². The van der Waals surface area contributed by atoms with E-state index in [0.717, 1.165) is 12.8 Å². The number of rotatable bonds is 7. The van der Waals surface area contributed by atoms with Crippen LogP contribution in [0.5, 0.6) is 0 Å². The van der Waals surface area contributed by atoms with Gasteiger partial charge in [-0.2, -0.15) is 0 Å². The van der Waals surface area contributed by atoms with Crippen LogP contribution in [0.1, 0.15) is 43.6 Å². The van der Waals surface area contributed by atoms with Gasteiger partial charge >= 0.3 is 0 Å². The third-order valence-corrected chi connectivity index (χ3v) is 5.37. The highest BCUT2D eigenvalue weighted by molar-refractivity contribution is 5.77. The number of ether oxygens (including phenoxy) is 1. The Hall–Kier alpha value is -1.39. The highest BCUT2D eigenvalue weighted by Crippen LogP contribution is 2.44. The number of carbonyl (C=O) groups is 1. The highest BCUT2D eigenvalue weighted by Gasteiger charge is 2.35. The number of amides is 1. The minimum Gasteiger partial charge on any atom is -0.396 e. The molecule has 0 spiro atoms. The molecule has 2 fully saturated rings. The molecule has 1 aromatic carbocycles. The van der Waals surface area contributed by atoms with Gasteiger partial charge in [-0.05, 0) is 43.1 Å². The normalized spacial score (nSPS) is 21.6. The average molecular weight is 317 g/mol. The summed E-state index contributed by atoms with van der Waals surface area (Å²) in [7, 11) is 0. The van der Waals surface area contributed by atoms with E-state index in [2.05, 4.69) is 17.4 Å². The molecule has 0 bridgehead atoms. The Morgan fingerprint density at radius 2 is 1.96 bits per heavy atom. The molecule has 1 aliphatic heterocycles. The Morgan fingerprint density at radius 1 is 1.26 bits per heavy atom. The van der Waals surface area contributed by atoms with Crippen LogP contribution in [-0.4, -0.2) is 37.4 Å². The van der Waals surface area contributed by atoms with Crippen molar-refractivity contribution in [3.05, 3.63) is 35.9 Å². The standard InChI is InChI=1S/C19H27NO3/c21-14-19(8-10-23-11-9-19)13-20-18(22)12-17(16-6-7-16)15-4-2-1-3-5-15/h1-5,16-17,21H,6-14H2,(H,20,22). The first-order valence-corrected chi connectivity index (χ1v) is 8.73. The molecule has 1 heterocycles. The number of hydrogen-bond acceptors (Lipinski definition) is 3. The summed E-state index contributed by atoms with van der Waals surface area (Å²) in [6.45, 7) is 2.01. The summed E-state index contributed by atoms with van der Waals surface area (Å²) < 4.78 is 5.37. The van der Waals surface area contributed by atoms with Gasteiger partial charge in [-0.1, -0.05) is 30.3 Å². The van der Waals surface area contributed by atoms with Crippen LogP contribution >= 0.6 is 0 Å². The SMILES string of the molecule is O=C(CC(c1ccccc1)C1CC1)NCC1(CO)CCOCC1. The first-order chi connectivity index (χ1) is 11.2. The van der Waals surface area contributed by atoms with Crippen LogP contribution in [-0.2, 0) is 9.53 Å². The number of aliphatic hydroxyl groups is 1. The van der Waals surface area contributed by atoms with Crippen LogP contribution in [0.3, 0.4) is 0 Å². The average Bonchev–Trinajstić information content (AvgIpc) is 3.44. The van der Waals surface area contributed by atoms with E-state index >= 15 is 0 Å². The van der Waals surface area contributed by atoms with Crippen molar-refractivity contribution >= 4 is 5.91 Å². The third-order valence-electron chi connectivity index (χ3n) is 5.37. The molecule has 0 radical (unpaired) electrons. The second-order valence-electron chi connectivity index (χ2n) is 7.11. The molecular weight excluding hydrogens is 290 g/mol. The summed E-state index contributed by atoms with van der Waals surface area (Å²) in [6, 6.07) is 10.4. The van der Waals surface area contributed by atoms with Crippen LogP contribution in [0.2, 0.25) is 0 Å². The van der Waals surface area contributed by atoms with E-state index in [9.17, 15) is 9.90 Å². The minimum absolute atomic E-state index is 0.102. The lowest BCUT2D eigenvalue weighted by Gasteiger charge is -2.35. The number of benzene rings is 1. The summed E-state index contributed by atoms with van der Waals surface area (Å²) in [5.74, 6) is 1.08. The van der Waals surface area contributed by atoms with Crippen molar-refractivity contribution in [2.45, 2.75) is 38.0 Å². The van der Waals surface area contributed by atoms with E-state index in [4.69, 9.17) is 4.74 Å². The summed E-state index contributed by atoms with van der Waals surface area (Å²) in [6.07, 6.45) is 4.63. The molecule has 1 aromatic rings. The molecule has 1 saturated carbocycles. The number of carbonyl (C=O) groups excluding carboxylic acids is 1. The van der Waals surface area contributed by atoms with Gasteiger partial charge in [0.1, 0.15) is 0 Å². The molecule has 0 aromatic heterocycles. The predicted molar refractivity (Wildman–Crippen MR) is 89.1 cm³/mol. The molecule has 1 amide bonds. The lowest BCUT2D eigenvalue weighted by atomic mass is 9.81. The van der Waals surface area contributed by atoms with E-state index < -0.39 is 0 Å². The van der Waals surface area contributed by atoms with Crippen molar-refractivity contribution < 1.29 is 14.6 Å². The molecule has 1 aliphatic carbocycles. The lowest BCUT2D eigenvalue weighted by Crippen LogP contribution is -2.44. The maximum atomic E-state index is 12.4. The van der Waals surface area contributed by atoms with E-state index in [1.807, 2.05) is 18.2 Å². The van der Waals surface area contributed by atoms with E-state index in [-0.39, 0.29) is 17.9 Å². The van der Waals surface area contributed by atoms with Gasteiger partial charge in [-0.25, -0.2) is 0 Å². The van der Waals surface area contributed by atoms with Gasteiger partial charge in [0, 0.05) is 31.6 Å². The maximum absolute atomic E-state index is 12.4. The first kappa shape index (κ1) is 16.5. The largest absolute Gasteiger partial charge is 0.396 e. The third kappa shape index (κ3) is 4.33. The predicted octanol–water partition coefficient (Wildman–Crippen LogP) is 2.48. The molecular formula is C19H27NO3. The summed E-state index contributed by atoms with van der Waals surface area (Å²) in [5, 5.41) is 12.8. The molecule has 1 unspecified atom stereocenters. The van der Waals surface area contributed by atoms with Gasteiger partial charge in [0.15, 0.2) is 0 Å². The Bertz CT molecular complexity index is 507. The quantitative estimate of drug-likeness (QED) is 0.812. The fraction of sp³-hybridized carbons (Fsp3) is 0.632. The second kappa shape index (κ2) is 7.45. The van der Waals surface area contributed by atoms with E-state index in [0.29, 0.717) is 38.0 Å². The Kier molecular flexibility index (Phi) is 5.34. The van der Waals surface area contributed by atoms with Gasteiger partial charge in [0.05, 0.1) is 6.61 Å². The maximum Gasteiger partial charge on any atom is 0.220 e. The number of hydrogen-bond donors (Lipinski definition) is 2. The zero-order valence-corrected chi connectivity index (χ0v) is 13.7. The molecule has 126 valence electrons. The molecule has 4 nitrogen and oxygen atoms in total. The topological polar surface area (TPSA) is 58.6 Å². The smallest absolute Gasteiger partial charge is 0.220 e. The van der Waals surface area contributed by atoms with Crippen LogP contribution in [0.4, 0.5) is 0 Å². The summed E-state index contributed by atoms with van der Waals surface area (Å²) >= 11 is 0. The van der Waals surface area contributed by atoms with Crippen molar-refractivity contribution in [2.24, 2.45) is 11.3 Å². The van der Waals surface area contributed by atoms with E-state index in [1.165, 1.54) is 18.4 Å². The molecule has 2 aliphatic rings. The van der Waals surface area contributed by atoms with Crippen molar-refractivity contribution in [2.75, 3.05) is 26.4 Å². The Morgan fingerprint density at radius 3 is 2.57 bits per heavy atom. The zero-order valence-electron chi connectivity index (χ0n) is 13.7. The first-order valence-electron chi connectivity index (χ1n) is 8.73. The molecule has 2 N–H and O–H groups in total. The Labute approximate surface area is 138 Å². The molecule has 1 saturated heterocycles. The summed E-state index contributed by atoms with van der Waals surface area (Å²) in [5.41, 5.74) is 1.07. The molecule has 3 rings (SSSR count). The van der Waals surface area contributed by atoms with Crippen molar-refractivity contribution in [1.82, 2.24) is 5.32 Å².